The molecule has 0 saturated heterocycles. The average Bonchev–Trinajstić information content (AvgIpc) is 2.35. The summed E-state index contributed by atoms with van der Waals surface area (Å²) in [4.78, 5) is 11.9. The number of halogens is 2. The van der Waals surface area contributed by atoms with Crippen LogP contribution in [0.4, 0.5) is 0 Å². The number of benzene rings is 1. The van der Waals surface area contributed by atoms with Gasteiger partial charge in [0.25, 0.3) is 0 Å². The van der Waals surface area contributed by atoms with Crippen LogP contribution in [0.15, 0.2) is 18.2 Å². The molecule has 1 aromatic rings. The van der Waals surface area contributed by atoms with Gasteiger partial charge in [0.15, 0.2) is 0 Å². The first-order valence-electron chi connectivity index (χ1n) is 5.90. The van der Waals surface area contributed by atoms with Gasteiger partial charge in [0.1, 0.15) is 0 Å². The van der Waals surface area contributed by atoms with Crippen LogP contribution in [0, 0.1) is 0 Å². The van der Waals surface area contributed by atoms with E-state index in [1.807, 2.05) is 0 Å². The van der Waals surface area contributed by atoms with Crippen molar-refractivity contribution in [2.45, 2.75) is 18.9 Å². The number of rotatable bonds is 7. The number of aliphatic hydroxyl groups is 1. The largest absolute Gasteiger partial charge is 0.396 e. The third kappa shape index (κ3) is 5.37. The maximum absolute atomic E-state index is 11.9. The summed E-state index contributed by atoms with van der Waals surface area (Å²) in [5.74, 6) is -0.203. The number of aliphatic hydroxyl groups excluding tert-OH is 1. The van der Waals surface area contributed by atoms with Crippen molar-refractivity contribution in [1.82, 2.24) is 5.32 Å². The minimum Gasteiger partial charge on any atom is -0.396 e. The lowest BCUT2D eigenvalue weighted by Crippen LogP contribution is -2.39. The molecule has 1 amide bonds. The van der Waals surface area contributed by atoms with E-state index in [-0.39, 0.29) is 25.0 Å². The Morgan fingerprint density at radius 3 is 2.58 bits per heavy atom. The maximum atomic E-state index is 11.9. The van der Waals surface area contributed by atoms with E-state index in [9.17, 15) is 4.79 Å². The van der Waals surface area contributed by atoms with Crippen molar-refractivity contribution >= 4 is 29.1 Å². The minimum atomic E-state index is -0.219. The molecular weight excluding hydrogens is 289 g/mol. The second-order valence-electron chi connectivity index (χ2n) is 4.11. The van der Waals surface area contributed by atoms with Crippen molar-refractivity contribution in [2.24, 2.45) is 0 Å². The molecule has 1 aromatic carbocycles. The molecule has 4 nitrogen and oxygen atoms in total. The lowest BCUT2D eigenvalue weighted by atomic mass is 10.1. The summed E-state index contributed by atoms with van der Waals surface area (Å²) in [6.45, 7) is 0.337. The summed E-state index contributed by atoms with van der Waals surface area (Å²) in [6.07, 6.45) is 0.542. The van der Waals surface area contributed by atoms with E-state index < -0.39 is 0 Å². The van der Waals surface area contributed by atoms with E-state index in [1.54, 1.807) is 25.3 Å². The topological polar surface area (TPSA) is 58.6 Å². The molecular formula is C13H17Cl2NO3. The van der Waals surface area contributed by atoms with Crippen molar-refractivity contribution in [3.05, 3.63) is 33.8 Å². The summed E-state index contributed by atoms with van der Waals surface area (Å²) in [7, 11) is 1.54. The summed E-state index contributed by atoms with van der Waals surface area (Å²) in [5.41, 5.74) is 0.600. The van der Waals surface area contributed by atoms with Gasteiger partial charge in [-0.2, -0.15) is 0 Å². The van der Waals surface area contributed by atoms with Crippen LogP contribution in [0.5, 0.6) is 0 Å². The van der Waals surface area contributed by atoms with Crippen LogP contribution in [-0.4, -0.2) is 37.4 Å². The molecule has 0 spiro atoms. The number of carbonyl (C=O) groups excluding carboxylic acids is 1. The van der Waals surface area contributed by atoms with Crippen LogP contribution in [0.2, 0.25) is 10.0 Å². The van der Waals surface area contributed by atoms with Gasteiger partial charge >= 0.3 is 0 Å². The number of hydrogen-bond acceptors (Lipinski definition) is 3. The first-order valence-corrected chi connectivity index (χ1v) is 6.66. The van der Waals surface area contributed by atoms with Crippen molar-refractivity contribution in [2.75, 3.05) is 20.3 Å². The van der Waals surface area contributed by atoms with Gasteiger partial charge in [0.05, 0.1) is 19.1 Å². The lowest BCUT2D eigenvalue weighted by molar-refractivity contribution is -0.121. The highest BCUT2D eigenvalue weighted by molar-refractivity contribution is 6.36. The molecule has 2 N–H and O–H groups in total. The fourth-order valence-electron chi connectivity index (χ4n) is 1.69. The Bertz CT molecular complexity index is 400. The number of nitrogens with one attached hydrogen (secondary N) is 1. The molecule has 0 saturated carbocycles. The van der Waals surface area contributed by atoms with Crippen molar-refractivity contribution < 1.29 is 14.6 Å². The monoisotopic (exact) mass is 305 g/mol. The number of ether oxygens (including phenoxy) is 1. The molecule has 1 atom stereocenters. The van der Waals surface area contributed by atoms with Gasteiger partial charge < -0.3 is 15.2 Å². The predicted octanol–water partition coefficient (Wildman–Crippen LogP) is 2.05. The highest BCUT2D eigenvalue weighted by Crippen LogP contribution is 2.24. The van der Waals surface area contributed by atoms with Crippen LogP contribution < -0.4 is 5.32 Å². The van der Waals surface area contributed by atoms with Crippen molar-refractivity contribution in [3.8, 4) is 0 Å². The van der Waals surface area contributed by atoms with Crippen LogP contribution in [0.25, 0.3) is 0 Å². The molecule has 0 heterocycles. The summed E-state index contributed by atoms with van der Waals surface area (Å²) < 4.78 is 4.98. The normalized spacial score (nSPS) is 12.2. The van der Waals surface area contributed by atoms with Crippen LogP contribution in [0.1, 0.15) is 12.0 Å². The second kappa shape index (κ2) is 8.38. The number of methoxy groups -OCH3 is 1. The van der Waals surface area contributed by atoms with Gasteiger partial charge in [0.2, 0.25) is 5.91 Å². The van der Waals surface area contributed by atoms with Crippen LogP contribution in [0.3, 0.4) is 0 Å². The fourth-order valence-corrected chi connectivity index (χ4v) is 2.23. The van der Waals surface area contributed by atoms with E-state index in [0.29, 0.717) is 28.6 Å². The number of carbonyl (C=O) groups is 1. The zero-order chi connectivity index (χ0) is 14.3. The molecule has 0 aromatic heterocycles. The molecule has 106 valence electrons. The Hall–Kier alpha value is -0.810. The quantitative estimate of drug-likeness (QED) is 0.810. The van der Waals surface area contributed by atoms with Gasteiger partial charge in [-0.15, -0.1) is 0 Å². The molecule has 1 unspecified atom stereocenters. The molecule has 0 aliphatic heterocycles. The van der Waals surface area contributed by atoms with Crippen molar-refractivity contribution in [1.29, 1.82) is 0 Å². The number of hydrogen-bond donors (Lipinski definition) is 2. The van der Waals surface area contributed by atoms with E-state index in [0.717, 1.165) is 0 Å². The predicted molar refractivity (Wildman–Crippen MR) is 75.7 cm³/mol. The number of amides is 1. The Kier molecular flexibility index (Phi) is 7.16. The Morgan fingerprint density at radius 1 is 1.42 bits per heavy atom. The van der Waals surface area contributed by atoms with E-state index in [2.05, 4.69) is 5.32 Å². The minimum absolute atomic E-state index is 0.0127. The molecule has 0 aliphatic carbocycles. The molecule has 0 bridgehead atoms. The van der Waals surface area contributed by atoms with Gasteiger partial charge in [-0.3, -0.25) is 4.79 Å². The summed E-state index contributed by atoms with van der Waals surface area (Å²) >= 11 is 12.0. The Balaban J connectivity index is 2.63. The molecule has 0 radical (unpaired) electrons. The molecule has 0 fully saturated rings. The Labute approximate surface area is 122 Å². The highest BCUT2D eigenvalue weighted by Gasteiger charge is 2.15. The van der Waals surface area contributed by atoms with E-state index in [4.69, 9.17) is 33.0 Å². The zero-order valence-electron chi connectivity index (χ0n) is 10.7. The summed E-state index contributed by atoms with van der Waals surface area (Å²) in [5, 5.41) is 12.6. The SMILES string of the molecule is COCC(CCO)NC(=O)Cc1c(Cl)cccc1Cl. The molecule has 19 heavy (non-hydrogen) atoms. The standard InChI is InChI=1S/C13H17Cl2NO3/c1-19-8-9(5-6-17)16-13(18)7-10-11(14)3-2-4-12(10)15/h2-4,9,17H,5-8H2,1H3,(H,16,18). The van der Waals surface area contributed by atoms with E-state index >= 15 is 0 Å². The van der Waals surface area contributed by atoms with Crippen LogP contribution in [-0.2, 0) is 16.0 Å². The van der Waals surface area contributed by atoms with Gasteiger partial charge in [-0.1, -0.05) is 29.3 Å². The molecule has 1 rings (SSSR count). The first kappa shape index (κ1) is 16.2. The third-order valence-electron chi connectivity index (χ3n) is 2.61. The molecule has 0 aliphatic rings. The third-order valence-corrected chi connectivity index (χ3v) is 3.32. The first-order chi connectivity index (χ1) is 9.08. The smallest absolute Gasteiger partial charge is 0.224 e. The van der Waals surface area contributed by atoms with Crippen LogP contribution >= 0.6 is 23.2 Å². The Morgan fingerprint density at radius 2 is 2.05 bits per heavy atom. The summed E-state index contributed by atoms with van der Waals surface area (Å²) in [6, 6.07) is 4.89. The fraction of sp³-hybridized carbons (Fsp3) is 0.462. The average molecular weight is 306 g/mol. The lowest BCUT2D eigenvalue weighted by Gasteiger charge is -2.17. The zero-order valence-corrected chi connectivity index (χ0v) is 12.2. The maximum Gasteiger partial charge on any atom is 0.224 e. The second-order valence-corrected chi connectivity index (χ2v) is 4.92. The molecule has 6 heteroatoms. The van der Waals surface area contributed by atoms with Crippen molar-refractivity contribution in [3.63, 3.8) is 0 Å². The highest BCUT2D eigenvalue weighted by atomic mass is 35.5. The van der Waals surface area contributed by atoms with Gasteiger partial charge in [-0.25, -0.2) is 0 Å². The van der Waals surface area contributed by atoms with Gasteiger partial charge in [-0.05, 0) is 24.1 Å². The van der Waals surface area contributed by atoms with E-state index in [1.165, 1.54) is 0 Å². The van der Waals surface area contributed by atoms with Gasteiger partial charge in [0, 0.05) is 23.8 Å².